The number of fused-ring (bicyclic) bond motifs is 1. The molecule has 0 spiro atoms. The van der Waals surface area contributed by atoms with Gasteiger partial charge in [-0.05, 0) is 91.8 Å². The minimum atomic E-state index is -0.443. The van der Waals surface area contributed by atoms with Crippen molar-refractivity contribution in [1.29, 1.82) is 0 Å². The van der Waals surface area contributed by atoms with E-state index >= 15 is 0 Å². The highest BCUT2D eigenvalue weighted by atomic mass is 35.5. The van der Waals surface area contributed by atoms with Gasteiger partial charge < -0.3 is 14.2 Å². The Bertz CT molecular complexity index is 1620. The summed E-state index contributed by atoms with van der Waals surface area (Å²) in [5.74, 6) is 0.744. The molecule has 0 aliphatic carbocycles. The largest absolute Gasteiger partial charge is 0.451 e. The second-order valence-electron chi connectivity index (χ2n) is 8.20. The SMILES string of the molecule is Cc1ccc(-c2ccc(C(=O)NC(=S)Nc3ccc(-c4nc5cc(Cl)cc(Cl)c5o4)cc3)o2)cc1C. The van der Waals surface area contributed by atoms with Crippen molar-refractivity contribution in [2.24, 2.45) is 0 Å². The Morgan fingerprint density at radius 1 is 0.889 bits per heavy atom. The number of oxazole rings is 1. The third kappa shape index (κ3) is 4.99. The number of carbonyl (C=O) groups excluding carboxylic acids is 1. The van der Waals surface area contributed by atoms with Crippen molar-refractivity contribution in [2.45, 2.75) is 13.8 Å². The summed E-state index contributed by atoms with van der Waals surface area (Å²) in [5, 5.41) is 6.64. The van der Waals surface area contributed by atoms with Gasteiger partial charge in [-0.25, -0.2) is 4.98 Å². The maximum Gasteiger partial charge on any atom is 0.293 e. The van der Waals surface area contributed by atoms with Crippen LogP contribution < -0.4 is 10.6 Å². The first-order chi connectivity index (χ1) is 17.3. The summed E-state index contributed by atoms with van der Waals surface area (Å²) >= 11 is 17.5. The predicted molar refractivity (Wildman–Crippen MR) is 147 cm³/mol. The summed E-state index contributed by atoms with van der Waals surface area (Å²) < 4.78 is 11.5. The van der Waals surface area contributed by atoms with Crippen LogP contribution in [-0.2, 0) is 0 Å². The van der Waals surface area contributed by atoms with E-state index in [4.69, 9.17) is 44.3 Å². The monoisotopic (exact) mass is 535 g/mol. The zero-order valence-electron chi connectivity index (χ0n) is 19.2. The number of anilines is 1. The van der Waals surface area contributed by atoms with Crippen LogP contribution in [0.2, 0.25) is 10.0 Å². The number of nitrogens with one attached hydrogen (secondary N) is 2. The van der Waals surface area contributed by atoms with Gasteiger partial charge >= 0.3 is 0 Å². The molecule has 2 aromatic heterocycles. The Morgan fingerprint density at radius 3 is 2.39 bits per heavy atom. The van der Waals surface area contributed by atoms with Crippen molar-refractivity contribution < 1.29 is 13.6 Å². The molecule has 5 aromatic rings. The third-order valence-corrected chi connectivity index (χ3v) is 6.35. The van der Waals surface area contributed by atoms with Crippen LogP contribution in [0.3, 0.4) is 0 Å². The van der Waals surface area contributed by atoms with Crippen molar-refractivity contribution in [3.63, 3.8) is 0 Å². The van der Waals surface area contributed by atoms with E-state index in [1.54, 1.807) is 36.4 Å². The topological polar surface area (TPSA) is 80.3 Å². The van der Waals surface area contributed by atoms with Gasteiger partial charge in [0.1, 0.15) is 11.3 Å². The molecule has 2 N–H and O–H groups in total. The molecule has 180 valence electrons. The highest BCUT2D eigenvalue weighted by Crippen LogP contribution is 2.32. The van der Waals surface area contributed by atoms with Crippen LogP contribution >= 0.6 is 35.4 Å². The fraction of sp³-hybridized carbons (Fsp3) is 0.0741. The molecular formula is C27H19Cl2N3O3S. The van der Waals surface area contributed by atoms with Crippen LogP contribution in [0, 0.1) is 13.8 Å². The second-order valence-corrected chi connectivity index (χ2v) is 9.46. The molecule has 1 amide bonds. The number of nitrogens with zero attached hydrogens (tertiary/aromatic N) is 1. The van der Waals surface area contributed by atoms with Crippen molar-refractivity contribution in [3.05, 3.63) is 93.7 Å². The Hall–Kier alpha value is -3.65. The average Bonchev–Trinajstić information content (AvgIpc) is 3.49. The Kier molecular flexibility index (Phi) is 6.53. The average molecular weight is 536 g/mol. The lowest BCUT2D eigenvalue weighted by molar-refractivity contribution is 0.0951. The Morgan fingerprint density at radius 2 is 1.64 bits per heavy atom. The molecule has 0 unspecified atom stereocenters. The van der Waals surface area contributed by atoms with Crippen LogP contribution in [0.5, 0.6) is 0 Å². The number of furan rings is 1. The van der Waals surface area contributed by atoms with Gasteiger partial charge in [-0.2, -0.15) is 0 Å². The summed E-state index contributed by atoms with van der Waals surface area (Å²) in [4.78, 5) is 17.1. The zero-order valence-corrected chi connectivity index (χ0v) is 21.5. The van der Waals surface area contributed by atoms with E-state index in [0.29, 0.717) is 38.5 Å². The molecule has 0 atom stereocenters. The first-order valence-corrected chi connectivity index (χ1v) is 12.1. The lowest BCUT2D eigenvalue weighted by atomic mass is 10.1. The molecule has 9 heteroatoms. The van der Waals surface area contributed by atoms with Crippen molar-refractivity contribution in [1.82, 2.24) is 10.3 Å². The number of thiocarbonyl (C=S) groups is 1. The number of hydrogen-bond acceptors (Lipinski definition) is 5. The van der Waals surface area contributed by atoms with Crippen LogP contribution in [0.15, 0.2) is 75.6 Å². The summed E-state index contributed by atoms with van der Waals surface area (Å²) in [5.41, 5.74) is 5.71. The number of rotatable bonds is 4. The van der Waals surface area contributed by atoms with Gasteiger partial charge in [-0.15, -0.1) is 0 Å². The van der Waals surface area contributed by atoms with Gasteiger partial charge in [0.05, 0.1) is 5.02 Å². The predicted octanol–water partition coefficient (Wildman–Crippen LogP) is 7.81. The molecule has 36 heavy (non-hydrogen) atoms. The normalized spacial score (nSPS) is 11.0. The van der Waals surface area contributed by atoms with Gasteiger partial charge in [0.15, 0.2) is 16.5 Å². The molecule has 0 aliphatic heterocycles. The fourth-order valence-corrected chi connectivity index (χ4v) is 4.35. The standard InChI is InChI=1S/C27H19Cl2N3O3S/c1-14-3-4-17(11-15(14)2)22-9-10-23(34-22)25(33)32-27(36)30-19-7-5-16(6-8-19)26-31-21-13-18(28)12-20(29)24(21)35-26/h3-13H,1-2H3,(H2,30,32,33,36). The Balaban J connectivity index is 1.23. The number of hydrogen-bond donors (Lipinski definition) is 2. The summed E-state index contributed by atoms with van der Waals surface area (Å²) in [7, 11) is 0. The summed E-state index contributed by atoms with van der Waals surface area (Å²) in [6, 6.07) is 19.9. The molecule has 0 aliphatic rings. The molecule has 0 fully saturated rings. The summed E-state index contributed by atoms with van der Waals surface area (Å²) in [6.45, 7) is 4.08. The number of carbonyl (C=O) groups is 1. The fourth-order valence-electron chi connectivity index (χ4n) is 3.62. The number of aromatic nitrogens is 1. The molecule has 0 saturated heterocycles. The number of halogens is 2. The van der Waals surface area contributed by atoms with Gasteiger partial charge in [-0.1, -0.05) is 35.3 Å². The van der Waals surface area contributed by atoms with E-state index in [1.165, 1.54) is 5.56 Å². The molecule has 3 aromatic carbocycles. The van der Waals surface area contributed by atoms with Gasteiger partial charge in [0.25, 0.3) is 5.91 Å². The van der Waals surface area contributed by atoms with Crippen molar-refractivity contribution in [3.8, 4) is 22.8 Å². The van der Waals surface area contributed by atoms with Crippen LogP contribution in [-0.4, -0.2) is 16.0 Å². The van der Waals surface area contributed by atoms with Crippen LogP contribution in [0.25, 0.3) is 33.9 Å². The molecule has 2 heterocycles. The number of amides is 1. The molecule has 6 nitrogen and oxygen atoms in total. The number of benzene rings is 3. The van der Waals surface area contributed by atoms with E-state index < -0.39 is 5.91 Å². The zero-order chi connectivity index (χ0) is 25.4. The lowest BCUT2D eigenvalue weighted by Gasteiger charge is -2.09. The van der Waals surface area contributed by atoms with E-state index in [9.17, 15) is 4.79 Å². The van der Waals surface area contributed by atoms with E-state index in [1.807, 2.05) is 44.2 Å². The highest BCUT2D eigenvalue weighted by Gasteiger charge is 2.15. The van der Waals surface area contributed by atoms with Gasteiger partial charge in [-0.3, -0.25) is 10.1 Å². The molecule has 0 saturated carbocycles. The van der Waals surface area contributed by atoms with E-state index in [2.05, 4.69) is 15.6 Å². The second kappa shape index (κ2) is 9.78. The Labute approximate surface area is 222 Å². The molecule has 0 bridgehead atoms. The van der Waals surface area contributed by atoms with Crippen molar-refractivity contribution in [2.75, 3.05) is 5.32 Å². The minimum Gasteiger partial charge on any atom is -0.451 e. The minimum absolute atomic E-state index is 0.139. The molecule has 5 rings (SSSR count). The van der Waals surface area contributed by atoms with E-state index in [-0.39, 0.29) is 10.9 Å². The number of aryl methyl sites for hydroxylation is 2. The first kappa shape index (κ1) is 24.1. The van der Waals surface area contributed by atoms with Gasteiger partial charge in [0.2, 0.25) is 5.89 Å². The molecule has 0 radical (unpaired) electrons. The maximum absolute atomic E-state index is 12.6. The summed E-state index contributed by atoms with van der Waals surface area (Å²) in [6.07, 6.45) is 0. The highest BCUT2D eigenvalue weighted by molar-refractivity contribution is 7.80. The van der Waals surface area contributed by atoms with Crippen molar-refractivity contribution >= 4 is 63.2 Å². The van der Waals surface area contributed by atoms with Crippen LogP contribution in [0.4, 0.5) is 5.69 Å². The van der Waals surface area contributed by atoms with Crippen LogP contribution in [0.1, 0.15) is 21.7 Å². The first-order valence-electron chi connectivity index (χ1n) is 10.9. The molecular weight excluding hydrogens is 517 g/mol. The maximum atomic E-state index is 12.6. The quantitative estimate of drug-likeness (QED) is 0.228. The van der Waals surface area contributed by atoms with E-state index in [0.717, 1.165) is 16.7 Å². The smallest absolute Gasteiger partial charge is 0.293 e. The van der Waals surface area contributed by atoms with Gasteiger partial charge in [0, 0.05) is 21.8 Å². The third-order valence-electron chi connectivity index (χ3n) is 5.65. The lowest BCUT2D eigenvalue weighted by Crippen LogP contribution is -2.33.